The highest BCUT2D eigenvalue weighted by molar-refractivity contribution is 7.89. The van der Waals surface area contributed by atoms with Crippen LogP contribution in [0.25, 0.3) is 0 Å². The number of sulfonamides is 1. The molecule has 208 valence electrons. The Morgan fingerprint density at radius 3 is 2.89 bits per heavy atom. The van der Waals surface area contributed by atoms with Crippen LogP contribution in [0.1, 0.15) is 39.0 Å². The Labute approximate surface area is 222 Å². The van der Waals surface area contributed by atoms with E-state index in [1.54, 1.807) is 6.07 Å². The first-order valence-corrected chi connectivity index (χ1v) is 14.7. The van der Waals surface area contributed by atoms with Crippen molar-refractivity contribution in [2.45, 2.75) is 62.1 Å². The van der Waals surface area contributed by atoms with Crippen molar-refractivity contribution in [3.05, 3.63) is 30.2 Å². The lowest BCUT2D eigenvalue weighted by atomic mass is 9.81. The van der Waals surface area contributed by atoms with Crippen molar-refractivity contribution in [2.75, 3.05) is 43.6 Å². The van der Waals surface area contributed by atoms with Gasteiger partial charge in [0.25, 0.3) is 0 Å². The van der Waals surface area contributed by atoms with Gasteiger partial charge < -0.3 is 19.7 Å². The molecule has 2 aromatic rings. The molecule has 1 aromatic heterocycles. The molecule has 3 aliphatic rings. The molecule has 11 nitrogen and oxygen atoms in total. The third kappa shape index (κ3) is 5.71. The number of nitrogens with zero attached hydrogens (tertiary/aromatic N) is 3. The highest BCUT2D eigenvalue weighted by atomic mass is 32.2. The average molecular weight is 550 g/mol. The van der Waals surface area contributed by atoms with Crippen molar-refractivity contribution < 1.29 is 22.3 Å². The molecule has 2 saturated heterocycles. The first-order chi connectivity index (χ1) is 18.4. The fourth-order valence-corrected chi connectivity index (χ4v) is 6.81. The van der Waals surface area contributed by atoms with Crippen molar-refractivity contribution in [1.29, 1.82) is 0 Å². The molecular weight excluding hydrogens is 513 g/mol. The maximum absolute atomic E-state index is 15.1. The van der Waals surface area contributed by atoms with Crippen molar-refractivity contribution in [2.24, 2.45) is 5.92 Å². The number of fused-ring (bicyclic) bond motifs is 1. The van der Waals surface area contributed by atoms with Crippen molar-refractivity contribution in [3.63, 3.8) is 0 Å². The van der Waals surface area contributed by atoms with Crippen LogP contribution < -0.4 is 30.5 Å². The Morgan fingerprint density at radius 2 is 2.13 bits per heavy atom. The van der Waals surface area contributed by atoms with Gasteiger partial charge in [0.05, 0.1) is 30.0 Å². The number of methoxy groups -OCH3 is 1. The number of aromatic nitrogens is 2. The van der Waals surface area contributed by atoms with Gasteiger partial charge in [-0.25, -0.2) is 22.5 Å². The molecule has 1 aliphatic carbocycles. The number of hydrogen-bond acceptors (Lipinski definition) is 10. The van der Waals surface area contributed by atoms with Gasteiger partial charge in [0, 0.05) is 44.2 Å². The van der Waals surface area contributed by atoms with Crippen LogP contribution in [0.5, 0.6) is 5.75 Å². The summed E-state index contributed by atoms with van der Waals surface area (Å²) in [4.78, 5) is 10.7. The van der Waals surface area contributed by atoms with Gasteiger partial charge in [-0.3, -0.25) is 10.9 Å². The summed E-state index contributed by atoms with van der Waals surface area (Å²) in [5.74, 6) is 0.625. The maximum atomic E-state index is 15.1. The predicted octanol–water partition coefficient (Wildman–Crippen LogP) is 2.30. The zero-order valence-electron chi connectivity index (χ0n) is 21.7. The van der Waals surface area contributed by atoms with Crippen molar-refractivity contribution >= 4 is 27.5 Å². The molecule has 4 unspecified atom stereocenters. The van der Waals surface area contributed by atoms with Crippen LogP contribution in [0.15, 0.2) is 29.3 Å². The van der Waals surface area contributed by atoms with E-state index in [-0.39, 0.29) is 35.4 Å². The van der Waals surface area contributed by atoms with Gasteiger partial charge in [0.15, 0.2) is 11.6 Å². The minimum Gasteiger partial charge on any atom is -0.495 e. The molecule has 0 spiro atoms. The van der Waals surface area contributed by atoms with Crippen molar-refractivity contribution in [3.8, 4) is 5.75 Å². The van der Waals surface area contributed by atoms with Crippen LogP contribution in [0.3, 0.4) is 0 Å². The summed E-state index contributed by atoms with van der Waals surface area (Å²) in [6.07, 6.45) is 5.87. The molecule has 0 bridgehead atoms. The van der Waals surface area contributed by atoms with Gasteiger partial charge in [-0.2, -0.15) is 4.98 Å². The Balaban J connectivity index is 1.38. The molecule has 2 aliphatic heterocycles. The van der Waals surface area contributed by atoms with Crippen LogP contribution in [-0.2, 0) is 14.8 Å². The third-order valence-corrected chi connectivity index (χ3v) is 9.06. The number of halogens is 1. The van der Waals surface area contributed by atoms with Crippen LogP contribution >= 0.6 is 0 Å². The SMILES string of the molecule is CCN(c1nc(Nc2cc(S(=O)(=O)NCC3CCCO3)ccc2OC)ncc1F)C1CCCC2NNCC21. The van der Waals surface area contributed by atoms with E-state index in [2.05, 4.69) is 30.9 Å². The van der Waals surface area contributed by atoms with Crippen molar-refractivity contribution in [1.82, 2.24) is 25.5 Å². The third-order valence-electron chi connectivity index (χ3n) is 7.64. The van der Waals surface area contributed by atoms with E-state index in [0.717, 1.165) is 44.8 Å². The number of hydrazine groups is 1. The largest absolute Gasteiger partial charge is 0.495 e. The van der Waals surface area contributed by atoms with Gasteiger partial charge in [-0.15, -0.1) is 0 Å². The lowest BCUT2D eigenvalue weighted by Gasteiger charge is -2.40. The summed E-state index contributed by atoms with van der Waals surface area (Å²) in [5.41, 5.74) is 6.95. The van der Waals surface area contributed by atoms with Crippen LogP contribution in [0.4, 0.5) is 21.8 Å². The Morgan fingerprint density at radius 1 is 1.26 bits per heavy atom. The minimum atomic E-state index is -3.79. The number of nitrogens with one attached hydrogen (secondary N) is 4. The van der Waals surface area contributed by atoms with Crippen LogP contribution in [0, 0.1) is 11.7 Å². The Kier molecular flexibility index (Phi) is 8.29. The molecule has 3 fully saturated rings. The van der Waals surface area contributed by atoms with Gasteiger partial charge in [-0.05, 0) is 57.2 Å². The molecular formula is C25H36FN7O4S. The van der Waals surface area contributed by atoms with Crippen LogP contribution in [0.2, 0.25) is 0 Å². The molecule has 4 atom stereocenters. The van der Waals surface area contributed by atoms with E-state index in [1.807, 2.05) is 11.8 Å². The van der Waals surface area contributed by atoms with Gasteiger partial charge in [0.2, 0.25) is 16.0 Å². The van der Waals surface area contributed by atoms with E-state index >= 15 is 4.39 Å². The Hall–Kier alpha value is -2.58. The van der Waals surface area contributed by atoms with Gasteiger partial charge >= 0.3 is 0 Å². The molecule has 0 amide bonds. The quantitative estimate of drug-likeness (QED) is 0.350. The summed E-state index contributed by atoms with van der Waals surface area (Å²) in [6, 6.07) is 4.99. The zero-order chi connectivity index (χ0) is 26.7. The number of hydrogen-bond donors (Lipinski definition) is 4. The van der Waals surface area contributed by atoms with E-state index in [9.17, 15) is 8.42 Å². The summed E-state index contributed by atoms with van der Waals surface area (Å²) in [7, 11) is -2.30. The smallest absolute Gasteiger partial charge is 0.240 e. The first kappa shape index (κ1) is 27.0. The average Bonchev–Trinajstić information content (AvgIpc) is 3.62. The second-order valence-electron chi connectivity index (χ2n) is 9.92. The van der Waals surface area contributed by atoms with E-state index < -0.39 is 15.8 Å². The lowest BCUT2D eigenvalue weighted by Crippen LogP contribution is -2.49. The van der Waals surface area contributed by atoms with Gasteiger partial charge in [0.1, 0.15) is 5.75 Å². The molecule has 4 N–H and O–H groups in total. The summed E-state index contributed by atoms with van der Waals surface area (Å²) < 4.78 is 54.6. The second-order valence-corrected chi connectivity index (χ2v) is 11.7. The van der Waals surface area contributed by atoms with Gasteiger partial charge in [-0.1, -0.05) is 0 Å². The lowest BCUT2D eigenvalue weighted by molar-refractivity contribution is 0.114. The van der Waals surface area contributed by atoms with E-state index in [4.69, 9.17) is 9.47 Å². The highest BCUT2D eigenvalue weighted by Gasteiger charge is 2.40. The monoisotopic (exact) mass is 549 g/mol. The number of benzene rings is 1. The predicted molar refractivity (Wildman–Crippen MR) is 142 cm³/mol. The normalized spacial score (nSPS) is 25.2. The Bertz CT molecular complexity index is 1230. The second kappa shape index (κ2) is 11.7. The van der Waals surface area contributed by atoms with E-state index in [0.29, 0.717) is 36.5 Å². The van der Waals surface area contributed by atoms with Crippen LogP contribution in [-0.4, -0.2) is 69.9 Å². The number of rotatable bonds is 10. The topological polar surface area (TPSA) is 130 Å². The fraction of sp³-hybridized carbons (Fsp3) is 0.600. The summed E-state index contributed by atoms with van der Waals surface area (Å²) in [6.45, 7) is 4.27. The number of anilines is 3. The molecule has 5 rings (SSSR count). The first-order valence-electron chi connectivity index (χ1n) is 13.2. The maximum Gasteiger partial charge on any atom is 0.240 e. The minimum absolute atomic E-state index is 0.0609. The molecule has 3 heterocycles. The molecule has 0 radical (unpaired) electrons. The molecule has 38 heavy (non-hydrogen) atoms. The molecule has 1 aromatic carbocycles. The highest BCUT2D eigenvalue weighted by Crippen LogP contribution is 2.35. The summed E-state index contributed by atoms with van der Waals surface area (Å²) >= 11 is 0. The summed E-state index contributed by atoms with van der Waals surface area (Å²) in [5, 5.41) is 3.05. The van der Waals surface area contributed by atoms with E-state index in [1.165, 1.54) is 19.2 Å². The molecule has 1 saturated carbocycles. The molecule has 13 heteroatoms. The zero-order valence-corrected chi connectivity index (χ0v) is 22.6. The number of ether oxygens (including phenoxy) is 2. The fourth-order valence-electron chi connectivity index (χ4n) is 5.72. The standard InChI is InChI=1S/C25H36FN7O4S/c1-3-33(22-8-4-7-20-18(22)14-28-32-20)24-19(26)15-27-25(31-24)30-21-12-17(9-10-23(21)36-2)38(34,35)29-13-16-6-5-11-37-16/h9-10,12,15-16,18,20,22,28-29,32H,3-8,11,13-14H2,1-2H3,(H,27,30,31).